The van der Waals surface area contributed by atoms with Gasteiger partial charge in [-0.2, -0.15) is 0 Å². The standard InChI is InChI=1S/C10H16.CH2O/c1-7-2-9-4-8(1)5-10(3-7)6-9;1-2/h7-10H,1-6H2;1H2. The first kappa shape index (κ1) is 8.28. The average molecular weight is 166 g/mol. The Morgan fingerprint density at radius 3 is 0.917 bits per heavy atom. The van der Waals surface area contributed by atoms with E-state index in [1.54, 1.807) is 38.5 Å². The molecule has 4 saturated carbocycles. The third-order valence-corrected chi connectivity index (χ3v) is 4.00. The highest BCUT2D eigenvalue weighted by Crippen LogP contribution is 2.53. The first-order chi connectivity index (χ1) is 5.90. The molecule has 0 aromatic rings. The zero-order chi connectivity index (χ0) is 8.55. The first-order valence-electron chi connectivity index (χ1n) is 5.19. The fraction of sp³-hybridized carbons (Fsp3) is 0.909. The molecule has 0 N–H and O–H groups in total. The third kappa shape index (κ3) is 1.30. The Kier molecular flexibility index (Phi) is 2.20. The Balaban J connectivity index is 0.000000264. The van der Waals surface area contributed by atoms with E-state index in [-0.39, 0.29) is 0 Å². The molecule has 4 aliphatic rings. The van der Waals surface area contributed by atoms with Gasteiger partial charge < -0.3 is 4.79 Å². The van der Waals surface area contributed by atoms with Crippen molar-refractivity contribution in [3.63, 3.8) is 0 Å². The summed E-state index contributed by atoms with van der Waals surface area (Å²) in [6.07, 6.45) is 9.62. The van der Waals surface area contributed by atoms with E-state index < -0.39 is 0 Å². The van der Waals surface area contributed by atoms with Gasteiger partial charge >= 0.3 is 0 Å². The molecule has 4 aliphatic carbocycles. The van der Waals surface area contributed by atoms with Crippen LogP contribution >= 0.6 is 0 Å². The Morgan fingerprint density at radius 1 is 0.583 bits per heavy atom. The van der Waals surface area contributed by atoms with Crippen molar-refractivity contribution in [2.75, 3.05) is 0 Å². The fourth-order valence-corrected chi connectivity index (χ4v) is 3.98. The number of hydrogen-bond acceptors (Lipinski definition) is 1. The molecule has 0 saturated heterocycles. The van der Waals surface area contributed by atoms with E-state index in [0.717, 1.165) is 0 Å². The van der Waals surface area contributed by atoms with Crippen LogP contribution in [0.5, 0.6) is 0 Å². The third-order valence-electron chi connectivity index (χ3n) is 4.00. The summed E-state index contributed by atoms with van der Waals surface area (Å²) in [6, 6.07) is 0. The molecule has 1 nitrogen and oxygen atoms in total. The molecule has 68 valence electrons. The Labute approximate surface area is 74.5 Å². The van der Waals surface area contributed by atoms with Crippen LogP contribution in [0.1, 0.15) is 38.5 Å². The van der Waals surface area contributed by atoms with E-state index in [1.807, 2.05) is 6.79 Å². The lowest BCUT2D eigenvalue weighted by atomic mass is 9.56. The summed E-state index contributed by atoms with van der Waals surface area (Å²) >= 11 is 0. The molecule has 0 radical (unpaired) electrons. The predicted molar refractivity (Wildman–Crippen MR) is 48.8 cm³/mol. The predicted octanol–water partition coefficient (Wildman–Crippen LogP) is 2.65. The molecule has 12 heavy (non-hydrogen) atoms. The highest BCUT2D eigenvalue weighted by Gasteiger charge is 2.41. The minimum absolute atomic E-state index is 1.18. The van der Waals surface area contributed by atoms with Gasteiger partial charge in [-0.1, -0.05) is 0 Å². The molecule has 0 aromatic heterocycles. The molecular formula is C11H18O. The van der Waals surface area contributed by atoms with Crippen LogP contribution < -0.4 is 0 Å². The van der Waals surface area contributed by atoms with Gasteiger partial charge in [0, 0.05) is 0 Å². The number of carbonyl (C=O) groups is 1. The summed E-state index contributed by atoms with van der Waals surface area (Å²) < 4.78 is 0. The molecule has 0 amide bonds. The van der Waals surface area contributed by atoms with Crippen molar-refractivity contribution in [1.29, 1.82) is 0 Å². The minimum atomic E-state index is 1.18. The average Bonchev–Trinajstić information content (AvgIpc) is 2.05. The second kappa shape index (κ2) is 3.20. The van der Waals surface area contributed by atoms with E-state index in [2.05, 4.69) is 0 Å². The fourth-order valence-electron chi connectivity index (χ4n) is 3.98. The van der Waals surface area contributed by atoms with E-state index >= 15 is 0 Å². The molecule has 0 spiro atoms. The maximum Gasteiger partial charge on any atom is 0.106 e. The smallest absolute Gasteiger partial charge is 0.106 e. The van der Waals surface area contributed by atoms with Gasteiger partial charge in [-0.05, 0) is 62.2 Å². The van der Waals surface area contributed by atoms with Crippen LogP contribution in [0.15, 0.2) is 0 Å². The molecule has 0 heterocycles. The monoisotopic (exact) mass is 166 g/mol. The van der Waals surface area contributed by atoms with Gasteiger partial charge in [0.15, 0.2) is 0 Å². The van der Waals surface area contributed by atoms with Gasteiger partial charge in [0.25, 0.3) is 0 Å². The molecule has 1 heteroatoms. The van der Waals surface area contributed by atoms with Crippen LogP contribution in [0.4, 0.5) is 0 Å². The summed E-state index contributed by atoms with van der Waals surface area (Å²) in [5.74, 6) is 4.71. The van der Waals surface area contributed by atoms with Crippen molar-refractivity contribution < 1.29 is 4.79 Å². The van der Waals surface area contributed by atoms with Gasteiger partial charge in [0.1, 0.15) is 6.79 Å². The molecule has 0 unspecified atom stereocenters. The van der Waals surface area contributed by atoms with Gasteiger partial charge in [-0.15, -0.1) is 0 Å². The summed E-state index contributed by atoms with van der Waals surface area (Å²) in [5, 5.41) is 0. The lowest BCUT2D eigenvalue weighted by Crippen LogP contribution is -2.38. The Bertz CT molecular complexity index is 108. The molecule has 0 aromatic carbocycles. The molecule has 0 aliphatic heterocycles. The van der Waals surface area contributed by atoms with E-state index in [9.17, 15) is 0 Å². The van der Waals surface area contributed by atoms with Gasteiger partial charge in [0.05, 0.1) is 0 Å². The molecule has 4 bridgehead atoms. The van der Waals surface area contributed by atoms with Crippen LogP contribution in [0, 0.1) is 23.7 Å². The van der Waals surface area contributed by atoms with Gasteiger partial charge in [-0.25, -0.2) is 0 Å². The van der Waals surface area contributed by atoms with E-state index in [1.165, 1.54) is 23.7 Å². The minimum Gasteiger partial charge on any atom is -0.307 e. The van der Waals surface area contributed by atoms with E-state index in [0.29, 0.717) is 0 Å². The highest BCUT2D eigenvalue weighted by molar-refractivity contribution is 5.11. The molecule has 4 fully saturated rings. The number of hydrogen-bond donors (Lipinski definition) is 0. The van der Waals surface area contributed by atoms with Crippen molar-refractivity contribution >= 4 is 6.79 Å². The lowest BCUT2D eigenvalue weighted by molar-refractivity contribution is -0.0979. The largest absolute Gasteiger partial charge is 0.307 e. The normalized spacial score (nSPS) is 48.3. The van der Waals surface area contributed by atoms with E-state index in [4.69, 9.17) is 4.79 Å². The highest BCUT2D eigenvalue weighted by atomic mass is 16.1. The zero-order valence-corrected chi connectivity index (χ0v) is 7.67. The molecular weight excluding hydrogens is 148 g/mol. The van der Waals surface area contributed by atoms with Crippen LogP contribution in [-0.2, 0) is 4.79 Å². The van der Waals surface area contributed by atoms with Crippen LogP contribution in [-0.4, -0.2) is 6.79 Å². The van der Waals surface area contributed by atoms with Gasteiger partial charge in [-0.3, -0.25) is 0 Å². The van der Waals surface area contributed by atoms with Crippen LogP contribution in [0.25, 0.3) is 0 Å². The summed E-state index contributed by atoms with van der Waals surface area (Å²) in [5.41, 5.74) is 0. The summed E-state index contributed by atoms with van der Waals surface area (Å²) in [4.78, 5) is 8.00. The quantitative estimate of drug-likeness (QED) is 0.540. The maximum atomic E-state index is 8.00. The van der Waals surface area contributed by atoms with Crippen molar-refractivity contribution in [3.8, 4) is 0 Å². The van der Waals surface area contributed by atoms with Crippen LogP contribution in [0.3, 0.4) is 0 Å². The summed E-state index contributed by atoms with van der Waals surface area (Å²) in [6.45, 7) is 2.00. The van der Waals surface area contributed by atoms with Crippen molar-refractivity contribution in [2.24, 2.45) is 23.7 Å². The van der Waals surface area contributed by atoms with Crippen LogP contribution in [0.2, 0.25) is 0 Å². The number of carbonyl (C=O) groups excluding carboxylic acids is 1. The Hall–Kier alpha value is -0.330. The second-order valence-electron chi connectivity index (χ2n) is 4.88. The molecule has 4 rings (SSSR count). The van der Waals surface area contributed by atoms with Crippen molar-refractivity contribution in [1.82, 2.24) is 0 Å². The molecule has 0 atom stereocenters. The maximum absolute atomic E-state index is 8.00. The lowest BCUT2D eigenvalue weighted by Gasteiger charge is -2.49. The van der Waals surface area contributed by atoms with Crippen molar-refractivity contribution in [3.05, 3.63) is 0 Å². The SMILES string of the molecule is C1C2CC3CC1CC(C2)C3.C=O. The summed E-state index contributed by atoms with van der Waals surface area (Å²) in [7, 11) is 0. The Morgan fingerprint density at radius 2 is 0.750 bits per heavy atom. The number of rotatable bonds is 0. The second-order valence-corrected chi connectivity index (χ2v) is 4.88. The topological polar surface area (TPSA) is 17.1 Å². The first-order valence-corrected chi connectivity index (χ1v) is 5.19. The van der Waals surface area contributed by atoms with Crippen molar-refractivity contribution in [2.45, 2.75) is 38.5 Å². The zero-order valence-electron chi connectivity index (χ0n) is 7.67. The van der Waals surface area contributed by atoms with Gasteiger partial charge in [0.2, 0.25) is 0 Å².